The Balaban J connectivity index is 1.97. The zero-order valence-electron chi connectivity index (χ0n) is 13.8. The first-order valence-electron chi connectivity index (χ1n) is 8.12. The van der Waals surface area contributed by atoms with Crippen LogP contribution in [0.2, 0.25) is 0 Å². The van der Waals surface area contributed by atoms with Crippen LogP contribution in [0.15, 0.2) is 78.9 Å². The highest BCUT2D eigenvalue weighted by atomic mass is 16.5. The summed E-state index contributed by atoms with van der Waals surface area (Å²) in [5.41, 5.74) is 4.40. The van der Waals surface area contributed by atoms with E-state index in [9.17, 15) is 4.79 Å². The maximum Gasteiger partial charge on any atom is 0.330 e. The van der Waals surface area contributed by atoms with E-state index in [0.29, 0.717) is 0 Å². The largest absolute Gasteiger partial charge is 0.466 e. The summed E-state index contributed by atoms with van der Waals surface area (Å²) in [6.45, 7) is 0. The minimum absolute atomic E-state index is 0.355. The van der Waals surface area contributed by atoms with Crippen molar-refractivity contribution < 1.29 is 9.53 Å². The lowest BCUT2D eigenvalue weighted by atomic mass is 10.1. The van der Waals surface area contributed by atoms with Gasteiger partial charge in [0, 0.05) is 22.5 Å². The standard InChI is InChI=1S/C22H17NO2/c1-25-22(24)14-12-16-11-13-21-19(15-16)18-9-5-6-10-20(18)23(21)17-7-3-2-4-8-17/h2-15H,1H3/b14-12+. The molecule has 0 N–H and O–H groups in total. The summed E-state index contributed by atoms with van der Waals surface area (Å²) in [6.07, 6.45) is 3.22. The van der Waals surface area contributed by atoms with Gasteiger partial charge in [-0.1, -0.05) is 42.5 Å². The summed E-state index contributed by atoms with van der Waals surface area (Å²) in [4.78, 5) is 11.3. The molecule has 122 valence electrons. The summed E-state index contributed by atoms with van der Waals surface area (Å²) in [7, 11) is 1.38. The molecule has 3 heteroatoms. The van der Waals surface area contributed by atoms with Crippen LogP contribution in [0.25, 0.3) is 33.6 Å². The van der Waals surface area contributed by atoms with Crippen LogP contribution in [0, 0.1) is 0 Å². The van der Waals surface area contributed by atoms with Gasteiger partial charge in [0.15, 0.2) is 0 Å². The van der Waals surface area contributed by atoms with Crippen molar-refractivity contribution in [2.75, 3.05) is 7.11 Å². The molecule has 0 saturated carbocycles. The van der Waals surface area contributed by atoms with Gasteiger partial charge in [-0.15, -0.1) is 0 Å². The molecule has 0 aliphatic heterocycles. The molecule has 1 heterocycles. The zero-order valence-corrected chi connectivity index (χ0v) is 13.8. The molecule has 4 rings (SSSR count). The van der Waals surface area contributed by atoms with E-state index in [2.05, 4.69) is 51.8 Å². The van der Waals surface area contributed by atoms with E-state index in [1.54, 1.807) is 6.08 Å². The molecule has 0 bridgehead atoms. The number of esters is 1. The Morgan fingerprint density at radius 1 is 0.880 bits per heavy atom. The fourth-order valence-electron chi connectivity index (χ4n) is 3.18. The monoisotopic (exact) mass is 327 g/mol. The average Bonchev–Trinajstić information content (AvgIpc) is 3.00. The van der Waals surface area contributed by atoms with Crippen molar-refractivity contribution in [2.24, 2.45) is 0 Å². The number of fused-ring (bicyclic) bond motifs is 3. The van der Waals surface area contributed by atoms with E-state index in [4.69, 9.17) is 0 Å². The number of ether oxygens (including phenoxy) is 1. The number of carbonyl (C=O) groups excluding carboxylic acids is 1. The number of hydrogen-bond acceptors (Lipinski definition) is 2. The zero-order chi connectivity index (χ0) is 17.2. The molecule has 0 radical (unpaired) electrons. The molecule has 0 fully saturated rings. The topological polar surface area (TPSA) is 31.2 Å². The molecule has 4 aromatic rings. The van der Waals surface area contributed by atoms with Crippen molar-refractivity contribution in [1.82, 2.24) is 4.57 Å². The minimum atomic E-state index is -0.355. The number of benzene rings is 3. The normalized spacial score (nSPS) is 11.4. The molecule has 0 unspecified atom stereocenters. The SMILES string of the molecule is COC(=O)/C=C/c1ccc2c(c1)c1ccccc1n2-c1ccccc1. The highest BCUT2D eigenvalue weighted by molar-refractivity contribution is 6.10. The van der Waals surface area contributed by atoms with Crippen molar-refractivity contribution in [3.8, 4) is 5.69 Å². The van der Waals surface area contributed by atoms with Gasteiger partial charge in [0.05, 0.1) is 18.1 Å². The summed E-state index contributed by atoms with van der Waals surface area (Å²) >= 11 is 0. The third kappa shape index (κ3) is 2.70. The predicted octanol–water partition coefficient (Wildman–Crippen LogP) is 4.97. The maximum absolute atomic E-state index is 11.3. The van der Waals surface area contributed by atoms with Gasteiger partial charge in [0.25, 0.3) is 0 Å². The number of methoxy groups -OCH3 is 1. The van der Waals surface area contributed by atoms with Gasteiger partial charge in [-0.25, -0.2) is 4.79 Å². The Morgan fingerprint density at radius 2 is 1.60 bits per heavy atom. The summed E-state index contributed by atoms with van der Waals surface area (Å²) in [6, 6.07) is 24.9. The molecular formula is C22H17NO2. The van der Waals surface area contributed by atoms with E-state index in [0.717, 1.165) is 27.7 Å². The van der Waals surface area contributed by atoms with Crippen LogP contribution in [0.5, 0.6) is 0 Å². The molecule has 0 atom stereocenters. The lowest BCUT2D eigenvalue weighted by Gasteiger charge is -2.07. The lowest BCUT2D eigenvalue weighted by molar-refractivity contribution is -0.134. The molecule has 3 aromatic carbocycles. The second kappa shape index (κ2) is 6.29. The molecule has 0 spiro atoms. The maximum atomic E-state index is 11.3. The van der Waals surface area contributed by atoms with Crippen molar-refractivity contribution in [2.45, 2.75) is 0 Å². The van der Waals surface area contributed by atoms with Crippen LogP contribution in [0.1, 0.15) is 5.56 Å². The Hall–Kier alpha value is -3.33. The van der Waals surface area contributed by atoms with E-state index in [1.165, 1.54) is 18.6 Å². The molecule has 3 nitrogen and oxygen atoms in total. The first-order valence-corrected chi connectivity index (χ1v) is 8.12. The number of aromatic nitrogens is 1. The molecule has 25 heavy (non-hydrogen) atoms. The molecule has 0 saturated heterocycles. The van der Waals surface area contributed by atoms with Crippen LogP contribution < -0.4 is 0 Å². The van der Waals surface area contributed by atoms with Crippen molar-refractivity contribution in [3.63, 3.8) is 0 Å². The molecule has 0 aliphatic carbocycles. The van der Waals surface area contributed by atoms with E-state index in [1.807, 2.05) is 30.3 Å². The van der Waals surface area contributed by atoms with Crippen molar-refractivity contribution >= 4 is 33.9 Å². The number of hydrogen-bond donors (Lipinski definition) is 0. The fourth-order valence-corrected chi connectivity index (χ4v) is 3.18. The van der Waals surface area contributed by atoms with Gasteiger partial charge >= 0.3 is 5.97 Å². The molecular weight excluding hydrogens is 310 g/mol. The van der Waals surface area contributed by atoms with Crippen molar-refractivity contribution in [1.29, 1.82) is 0 Å². The van der Waals surface area contributed by atoms with Crippen LogP contribution in [-0.4, -0.2) is 17.6 Å². The van der Waals surface area contributed by atoms with Crippen LogP contribution >= 0.6 is 0 Å². The highest BCUT2D eigenvalue weighted by Gasteiger charge is 2.11. The van der Waals surface area contributed by atoms with Gasteiger partial charge in [-0.05, 0) is 42.0 Å². The summed E-state index contributed by atoms with van der Waals surface area (Å²) < 4.78 is 6.92. The van der Waals surface area contributed by atoms with Crippen LogP contribution in [0.3, 0.4) is 0 Å². The molecule has 0 aliphatic rings. The first kappa shape index (κ1) is 15.2. The number of rotatable bonds is 3. The van der Waals surface area contributed by atoms with Gasteiger partial charge in [-0.2, -0.15) is 0 Å². The third-order valence-corrected chi connectivity index (χ3v) is 4.32. The number of para-hydroxylation sites is 2. The molecule has 0 amide bonds. The second-order valence-corrected chi connectivity index (χ2v) is 5.82. The van der Waals surface area contributed by atoms with E-state index in [-0.39, 0.29) is 5.97 Å². The fraction of sp³-hybridized carbons (Fsp3) is 0.0455. The molecule has 1 aromatic heterocycles. The second-order valence-electron chi connectivity index (χ2n) is 5.82. The third-order valence-electron chi connectivity index (χ3n) is 4.32. The highest BCUT2D eigenvalue weighted by Crippen LogP contribution is 2.32. The Labute approximate surface area is 145 Å². The minimum Gasteiger partial charge on any atom is -0.466 e. The quantitative estimate of drug-likeness (QED) is 0.393. The van der Waals surface area contributed by atoms with Crippen LogP contribution in [-0.2, 0) is 9.53 Å². The van der Waals surface area contributed by atoms with Gasteiger partial charge in [0.2, 0.25) is 0 Å². The lowest BCUT2D eigenvalue weighted by Crippen LogP contribution is -1.93. The van der Waals surface area contributed by atoms with E-state index >= 15 is 0 Å². The number of nitrogens with zero attached hydrogens (tertiary/aromatic N) is 1. The van der Waals surface area contributed by atoms with E-state index < -0.39 is 0 Å². The van der Waals surface area contributed by atoms with Gasteiger partial charge in [-0.3, -0.25) is 0 Å². The van der Waals surface area contributed by atoms with Gasteiger partial charge < -0.3 is 9.30 Å². The Kier molecular flexibility index (Phi) is 3.82. The smallest absolute Gasteiger partial charge is 0.330 e. The predicted molar refractivity (Wildman–Crippen MR) is 102 cm³/mol. The Morgan fingerprint density at radius 3 is 2.40 bits per heavy atom. The summed E-state index contributed by atoms with van der Waals surface area (Å²) in [5.74, 6) is -0.355. The Bertz CT molecular complexity index is 1090. The number of carbonyl (C=O) groups is 1. The average molecular weight is 327 g/mol. The van der Waals surface area contributed by atoms with Gasteiger partial charge in [0.1, 0.15) is 0 Å². The van der Waals surface area contributed by atoms with Crippen molar-refractivity contribution in [3.05, 3.63) is 84.4 Å². The summed E-state index contributed by atoms with van der Waals surface area (Å²) in [5, 5.41) is 2.35. The van der Waals surface area contributed by atoms with Crippen LogP contribution in [0.4, 0.5) is 0 Å². The first-order chi connectivity index (χ1) is 12.3.